The molecule has 2 aliphatic rings. The lowest BCUT2D eigenvalue weighted by Gasteiger charge is -2.35. The molecule has 116 valence electrons. The van der Waals surface area contributed by atoms with E-state index < -0.39 is 0 Å². The van der Waals surface area contributed by atoms with E-state index in [4.69, 9.17) is 0 Å². The second kappa shape index (κ2) is 7.41. The lowest BCUT2D eigenvalue weighted by molar-refractivity contribution is -0.132. The smallest absolute Gasteiger partial charge is 0.241 e. The lowest BCUT2D eigenvalue weighted by atomic mass is 10.1. The Balaban J connectivity index is 1.95. The van der Waals surface area contributed by atoms with Crippen LogP contribution >= 0.6 is 0 Å². The van der Waals surface area contributed by atoms with Crippen LogP contribution in [0.2, 0.25) is 0 Å². The molecule has 2 fully saturated rings. The predicted octanol–water partition coefficient (Wildman–Crippen LogP) is 2.20. The van der Waals surface area contributed by atoms with E-state index in [9.17, 15) is 4.79 Å². The van der Waals surface area contributed by atoms with Crippen molar-refractivity contribution >= 4 is 5.91 Å². The SMILES string of the molecule is CCCC1NC(CC)N(C(C)CN2CCCCC2)C1=O. The maximum atomic E-state index is 12.6. The molecule has 3 atom stereocenters. The van der Waals surface area contributed by atoms with Gasteiger partial charge in [0.1, 0.15) is 0 Å². The summed E-state index contributed by atoms with van der Waals surface area (Å²) in [7, 11) is 0. The minimum Gasteiger partial charge on any atom is -0.322 e. The molecule has 2 rings (SSSR count). The van der Waals surface area contributed by atoms with Gasteiger partial charge >= 0.3 is 0 Å². The van der Waals surface area contributed by atoms with E-state index in [1.54, 1.807) is 0 Å². The summed E-state index contributed by atoms with van der Waals surface area (Å²) in [5.41, 5.74) is 0. The largest absolute Gasteiger partial charge is 0.322 e. The van der Waals surface area contributed by atoms with E-state index in [1.165, 1.54) is 32.4 Å². The van der Waals surface area contributed by atoms with Gasteiger partial charge in [-0.25, -0.2) is 0 Å². The number of piperidine rings is 1. The first-order valence-corrected chi connectivity index (χ1v) is 8.48. The van der Waals surface area contributed by atoms with Crippen molar-refractivity contribution in [2.75, 3.05) is 19.6 Å². The minimum atomic E-state index is 0.0498. The number of rotatable bonds is 6. The fourth-order valence-electron chi connectivity index (χ4n) is 3.66. The third kappa shape index (κ3) is 3.53. The van der Waals surface area contributed by atoms with Gasteiger partial charge in [0.15, 0.2) is 0 Å². The van der Waals surface area contributed by atoms with Crippen LogP contribution in [0.15, 0.2) is 0 Å². The molecule has 1 amide bonds. The quantitative estimate of drug-likeness (QED) is 0.811. The number of hydrogen-bond acceptors (Lipinski definition) is 3. The zero-order chi connectivity index (χ0) is 14.5. The van der Waals surface area contributed by atoms with Crippen LogP contribution in [-0.4, -0.2) is 53.6 Å². The highest BCUT2D eigenvalue weighted by Gasteiger charge is 2.39. The lowest BCUT2D eigenvalue weighted by Crippen LogP contribution is -2.49. The highest BCUT2D eigenvalue weighted by Crippen LogP contribution is 2.21. The number of hydrogen-bond donors (Lipinski definition) is 1. The van der Waals surface area contributed by atoms with Gasteiger partial charge in [-0.15, -0.1) is 0 Å². The Morgan fingerprint density at radius 1 is 1.25 bits per heavy atom. The number of likely N-dealkylation sites (tertiary alicyclic amines) is 1. The van der Waals surface area contributed by atoms with Crippen LogP contribution < -0.4 is 5.32 Å². The topological polar surface area (TPSA) is 35.6 Å². The zero-order valence-corrected chi connectivity index (χ0v) is 13.4. The van der Waals surface area contributed by atoms with Gasteiger partial charge in [0.05, 0.1) is 12.2 Å². The minimum absolute atomic E-state index is 0.0498. The van der Waals surface area contributed by atoms with Crippen LogP contribution in [0, 0.1) is 0 Å². The summed E-state index contributed by atoms with van der Waals surface area (Å²) < 4.78 is 0. The van der Waals surface area contributed by atoms with Gasteiger partial charge in [-0.1, -0.05) is 26.7 Å². The molecule has 20 heavy (non-hydrogen) atoms. The summed E-state index contributed by atoms with van der Waals surface area (Å²) >= 11 is 0. The Morgan fingerprint density at radius 3 is 2.55 bits per heavy atom. The molecule has 0 radical (unpaired) electrons. The van der Waals surface area contributed by atoms with Crippen molar-refractivity contribution < 1.29 is 4.79 Å². The van der Waals surface area contributed by atoms with Gasteiger partial charge in [-0.05, 0) is 45.7 Å². The summed E-state index contributed by atoms with van der Waals surface area (Å²) in [5, 5.41) is 3.52. The number of nitrogens with one attached hydrogen (secondary N) is 1. The molecule has 2 aliphatic heterocycles. The number of carbonyl (C=O) groups is 1. The average molecular weight is 281 g/mol. The fraction of sp³-hybridized carbons (Fsp3) is 0.938. The van der Waals surface area contributed by atoms with Gasteiger partial charge in [0, 0.05) is 12.6 Å². The Morgan fingerprint density at radius 2 is 1.95 bits per heavy atom. The van der Waals surface area contributed by atoms with Gasteiger partial charge in [0.25, 0.3) is 0 Å². The maximum absolute atomic E-state index is 12.6. The van der Waals surface area contributed by atoms with E-state index in [-0.39, 0.29) is 12.2 Å². The van der Waals surface area contributed by atoms with E-state index in [0.717, 1.165) is 25.8 Å². The molecule has 4 heteroatoms. The molecule has 2 saturated heterocycles. The molecule has 0 aromatic rings. The molecule has 0 aromatic carbocycles. The first kappa shape index (κ1) is 15.8. The van der Waals surface area contributed by atoms with Crippen LogP contribution in [-0.2, 0) is 4.79 Å². The summed E-state index contributed by atoms with van der Waals surface area (Å²) in [5.74, 6) is 0.322. The van der Waals surface area contributed by atoms with Crippen molar-refractivity contribution in [3.8, 4) is 0 Å². The fourth-order valence-corrected chi connectivity index (χ4v) is 3.66. The van der Waals surface area contributed by atoms with E-state index in [1.807, 2.05) is 0 Å². The molecule has 4 nitrogen and oxygen atoms in total. The molecule has 0 saturated carbocycles. The van der Waals surface area contributed by atoms with Gasteiger partial charge < -0.3 is 9.80 Å². The van der Waals surface area contributed by atoms with Crippen molar-refractivity contribution in [3.05, 3.63) is 0 Å². The first-order valence-electron chi connectivity index (χ1n) is 8.48. The number of amides is 1. The predicted molar refractivity (Wildman–Crippen MR) is 82.5 cm³/mol. The molecule has 3 unspecified atom stereocenters. The summed E-state index contributed by atoms with van der Waals surface area (Å²) in [6.45, 7) is 9.97. The van der Waals surface area contributed by atoms with Crippen LogP contribution in [0.5, 0.6) is 0 Å². The molecule has 0 bridgehead atoms. The Labute approximate surface area is 123 Å². The van der Waals surface area contributed by atoms with E-state index in [2.05, 4.69) is 35.9 Å². The van der Waals surface area contributed by atoms with Crippen molar-refractivity contribution in [2.24, 2.45) is 0 Å². The molecule has 0 spiro atoms. The standard InChI is InChI=1S/C16H31N3O/c1-4-9-14-16(20)19(15(5-2)17-14)13(3)12-18-10-7-6-8-11-18/h13-15,17H,4-12H2,1-3H3. The molecule has 0 aliphatic carbocycles. The van der Waals surface area contributed by atoms with Crippen molar-refractivity contribution in [1.29, 1.82) is 0 Å². The Kier molecular flexibility index (Phi) is 5.85. The molecule has 1 N–H and O–H groups in total. The number of nitrogens with zero attached hydrogens (tertiary/aromatic N) is 2. The maximum Gasteiger partial charge on any atom is 0.241 e. The second-order valence-corrected chi connectivity index (χ2v) is 6.39. The summed E-state index contributed by atoms with van der Waals surface area (Å²) in [6, 6.07) is 0.369. The van der Waals surface area contributed by atoms with Crippen molar-refractivity contribution in [3.63, 3.8) is 0 Å². The summed E-state index contributed by atoms with van der Waals surface area (Å²) in [4.78, 5) is 17.2. The monoisotopic (exact) mass is 281 g/mol. The third-order valence-corrected chi connectivity index (χ3v) is 4.69. The van der Waals surface area contributed by atoms with E-state index >= 15 is 0 Å². The van der Waals surface area contributed by atoms with Gasteiger partial charge in [-0.3, -0.25) is 10.1 Å². The highest BCUT2D eigenvalue weighted by atomic mass is 16.2. The van der Waals surface area contributed by atoms with Crippen LogP contribution in [0.3, 0.4) is 0 Å². The van der Waals surface area contributed by atoms with Crippen LogP contribution in [0.25, 0.3) is 0 Å². The van der Waals surface area contributed by atoms with Crippen molar-refractivity contribution in [1.82, 2.24) is 15.1 Å². The second-order valence-electron chi connectivity index (χ2n) is 6.39. The normalized spacial score (nSPS) is 29.9. The van der Waals surface area contributed by atoms with Crippen LogP contribution in [0.4, 0.5) is 0 Å². The third-order valence-electron chi connectivity index (χ3n) is 4.69. The zero-order valence-electron chi connectivity index (χ0n) is 13.4. The molecule has 2 heterocycles. The van der Waals surface area contributed by atoms with Crippen LogP contribution in [0.1, 0.15) is 59.3 Å². The molecular formula is C16H31N3O. The van der Waals surface area contributed by atoms with Crippen molar-refractivity contribution in [2.45, 2.75) is 77.5 Å². The molecule has 0 aromatic heterocycles. The Bertz CT molecular complexity index is 315. The highest BCUT2D eigenvalue weighted by molar-refractivity contribution is 5.84. The van der Waals surface area contributed by atoms with Gasteiger partial charge in [-0.2, -0.15) is 0 Å². The number of carbonyl (C=O) groups excluding carboxylic acids is 1. The van der Waals surface area contributed by atoms with Gasteiger partial charge in [0.2, 0.25) is 5.91 Å². The molecular weight excluding hydrogens is 250 g/mol. The average Bonchev–Trinajstić information content (AvgIpc) is 2.77. The van der Waals surface area contributed by atoms with E-state index in [0.29, 0.717) is 11.9 Å². The first-order chi connectivity index (χ1) is 9.67. The summed E-state index contributed by atoms with van der Waals surface area (Å²) in [6.07, 6.45) is 7.25. The Hall–Kier alpha value is -0.610.